The summed E-state index contributed by atoms with van der Waals surface area (Å²) >= 11 is 5.95. The molecule has 32 heavy (non-hydrogen) atoms. The highest BCUT2D eigenvalue weighted by Crippen LogP contribution is 2.30. The normalized spacial score (nSPS) is 11.0. The molecule has 0 saturated heterocycles. The van der Waals surface area contributed by atoms with Crippen molar-refractivity contribution in [3.63, 3.8) is 0 Å². The lowest BCUT2D eigenvalue weighted by atomic mass is 10.2. The van der Waals surface area contributed by atoms with Crippen LogP contribution in [0.1, 0.15) is 20.3 Å². The van der Waals surface area contributed by atoms with E-state index in [9.17, 15) is 18.0 Å². The van der Waals surface area contributed by atoms with Gasteiger partial charge in [0.15, 0.2) is 21.3 Å². The molecule has 0 unspecified atom stereocenters. The van der Waals surface area contributed by atoms with Crippen molar-refractivity contribution < 1.29 is 27.5 Å². The van der Waals surface area contributed by atoms with Crippen LogP contribution in [-0.2, 0) is 19.4 Å². The Hall–Kier alpha value is -2.78. The lowest BCUT2D eigenvalue weighted by Crippen LogP contribution is -2.35. The monoisotopic (exact) mass is 482 g/mol. The molecule has 0 aromatic heterocycles. The van der Waals surface area contributed by atoms with Gasteiger partial charge in [-0.3, -0.25) is 9.59 Å². The maximum Gasteiger partial charge on any atom is 0.243 e. The highest BCUT2D eigenvalue weighted by molar-refractivity contribution is 7.91. The average molecular weight is 483 g/mol. The van der Waals surface area contributed by atoms with Gasteiger partial charge in [-0.1, -0.05) is 23.7 Å². The van der Waals surface area contributed by atoms with Crippen molar-refractivity contribution in [3.8, 4) is 11.5 Å². The van der Waals surface area contributed by atoms with E-state index in [1.807, 2.05) is 13.8 Å². The van der Waals surface area contributed by atoms with E-state index in [2.05, 4.69) is 5.32 Å². The number of rotatable bonds is 11. The Morgan fingerprint density at radius 3 is 2.34 bits per heavy atom. The standard InChI is InChI=1S/C22H27ClN2O6S/c1-4-30-18-11-10-16(14-19(18)31-5-2)24-21(26)15-25(3)22(27)12-13-32(28,29)20-9-7-6-8-17(20)23/h6-11,14H,4-5,12-13,15H2,1-3H3,(H,24,26). The smallest absolute Gasteiger partial charge is 0.243 e. The third kappa shape index (κ3) is 7.13. The molecule has 0 spiro atoms. The Morgan fingerprint density at radius 1 is 1.03 bits per heavy atom. The average Bonchev–Trinajstić information content (AvgIpc) is 2.74. The van der Waals surface area contributed by atoms with E-state index >= 15 is 0 Å². The first-order valence-corrected chi connectivity index (χ1v) is 12.1. The predicted molar refractivity (Wildman–Crippen MR) is 123 cm³/mol. The van der Waals surface area contributed by atoms with Crippen molar-refractivity contribution in [3.05, 3.63) is 47.5 Å². The third-order valence-corrected chi connectivity index (χ3v) is 6.60. The second-order valence-electron chi connectivity index (χ2n) is 6.82. The Labute approximate surface area is 193 Å². The summed E-state index contributed by atoms with van der Waals surface area (Å²) < 4.78 is 35.9. The van der Waals surface area contributed by atoms with Gasteiger partial charge in [0.1, 0.15) is 0 Å². The van der Waals surface area contributed by atoms with Crippen molar-refractivity contribution in [1.29, 1.82) is 0 Å². The van der Waals surface area contributed by atoms with Gasteiger partial charge in [-0.15, -0.1) is 0 Å². The van der Waals surface area contributed by atoms with Gasteiger partial charge in [-0.25, -0.2) is 8.42 Å². The topological polar surface area (TPSA) is 102 Å². The van der Waals surface area contributed by atoms with Crippen LogP contribution >= 0.6 is 11.6 Å². The van der Waals surface area contributed by atoms with Crippen LogP contribution in [0.4, 0.5) is 5.69 Å². The highest BCUT2D eigenvalue weighted by atomic mass is 35.5. The first-order valence-electron chi connectivity index (χ1n) is 10.1. The molecule has 174 valence electrons. The van der Waals surface area contributed by atoms with E-state index in [1.165, 1.54) is 24.1 Å². The Bertz CT molecular complexity index is 1060. The molecule has 0 aliphatic rings. The molecule has 10 heteroatoms. The van der Waals surface area contributed by atoms with E-state index in [1.54, 1.807) is 30.3 Å². The molecule has 2 amide bonds. The molecule has 1 N–H and O–H groups in total. The van der Waals surface area contributed by atoms with E-state index in [4.69, 9.17) is 21.1 Å². The zero-order chi connectivity index (χ0) is 23.7. The molecule has 0 fully saturated rings. The van der Waals surface area contributed by atoms with Gasteiger partial charge in [0, 0.05) is 25.2 Å². The van der Waals surface area contributed by atoms with Gasteiger partial charge in [-0.2, -0.15) is 0 Å². The summed E-state index contributed by atoms with van der Waals surface area (Å²) in [5, 5.41) is 2.80. The zero-order valence-corrected chi connectivity index (χ0v) is 19.8. The molecule has 0 atom stereocenters. The number of hydrogen-bond donors (Lipinski definition) is 1. The van der Waals surface area contributed by atoms with Crippen molar-refractivity contribution in [2.45, 2.75) is 25.2 Å². The number of carbonyl (C=O) groups excluding carboxylic acids is 2. The third-order valence-electron chi connectivity index (χ3n) is 4.39. The second kappa shape index (κ2) is 11.7. The second-order valence-corrected chi connectivity index (χ2v) is 9.31. The minimum atomic E-state index is -3.72. The fourth-order valence-electron chi connectivity index (χ4n) is 2.85. The van der Waals surface area contributed by atoms with Crippen LogP contribution in [-0.4, -0.2) is 57.7 Å². The van der Waals surface area contributed by atoms with Crippen molar-refractivity contribution in [2.75, 3.05) is 37.9 Å². The van der Waals surface area contributed by atoms with E-state index in [0.29, 0.717) is 30.4 Å². The van der Waals surface area contributed by atoms with Crippen LogP contribution < -0.4 is 14.8 Å². The number of carbonyl (C=O) groups is 2. The molecular weight excluding hydrogens is 456 g/mol. The Morgan fingerprint density at radius 2 is 1.69 bits per heavy atom. The summed E-state index contributed by atoms with van der Waals surface area (Å²) in [6.07, 6.45) is -0.269. The van der Waals surface area contributed by atoms with Crippen LogP contribution in [0.3, 0.4) is 0 Å². The molecule has 0 radical (unpaired) electrons. The lowest BCUT2D eigenvalue weighted by Gasteiger charge is -2.18. The molecule has 0 heterocycles. The molecule has 2 aromatic carbocycles. The summed E-state index contributed by atoms with van der Waals surface area (Å²) in [4.78, 5) is 25.9. The van der Waals surface area contributed by atoms with Gasteiger partial charge in [0.05, 0.1) is 35.4 Å². The van der Waals surface area contributed by atoms with Crippen LogP contribution in [0, 0.1) is 0 Å². The number of amides is 2. The molecule has 0 saturated carbocycles. The lowest BCUT2D eigenvalue weighted by molar-refractivity contribution is -0.132. The maximum atomic E-state index is 12.4. The molecule has 0 aliphatic heterocycles. The quantitative estimate of drug-likeness (QED) is 0.526. The fraction of sp³-hybridized carbons (Fsp3) is 0.364. The summed E-state index contributed by atoms with van der Waals surface area (Å²) in [6.45, 7) is 4.38. The predicted octanol–water partition coefficient (Wildman–Crippen LogP) is 3.40. The summed E-state index contributed by atoms with van der Waals surface area (Å²) in [6, 6.07) is 11.1. The zero-order valence-electron chi connectivity index (χ0n) is 18.3. The van der Waals surface area contributed by atoms with Crippen LogP contribution in [0.25, 0.3) is 0 Å². The van der Waals surface area contributed by atoms with Gasteiger partial charge in [0.25, 0.3) is 0 Å². The van der Waals surface area contributed by atoms with Gasteiger partial charge in [-0.05, 0) is 38.1 Å². The number of benzene rings is 2. The minimum Gasteiger partial charge on any atom is -0.490 e. The molecule has 2 rings (SSSR count). The fourth-order valence-corrected chi connectivity index (χ4v) is 4.66. The summed E-state index contributed by atoms with van der Waals surface area (Å²) in [7, 11) is -2.28. The van der Waals surface area contributed by atoms with Crippen molar-refractivity contribution >= 4 is 38.9 Å². The number of halogens is 1. The van der Waals surface area contributed by atoms with E-state index < -0.39 is 27.4 Å². The summed E-state index contributed by atoms with van der Waals surface area (Å²) in [5.74, 6) is -0.238. The van der Waals surface area contributed by atoms with Gasteiger partial charge < -0.3 is 19.7 Å². The molecule has 0 bridgehead atoms. The van der Waals surface area contributed by atoms with Crippen LogP contribution in [0.2, 0.25) is 5.02 Å². The van der Waals surface area contributed by atoms with E-state index in [0.717, 1.165) is 0 Å². The Balaban J connectivity index is 1.94. The molecule has 8 nitrogen and oxygen atoms in total. The minimum absolute atomic E-state index is 0.0181. The number of sulfone groups is 1. The first kappa shape index (κ1) is 25.5. The highest BCUT2D eigenvalue weighted by Gasteiger charge is 2.21. The van der Waals surface area contributed by atoms with Crippen molar-refractivity contribution in [1.82, 2.24) is 4.90 Å². The Kier molecular flexibility index (Phi) is 9.34. The van der Waals surface area contributed by atoms with Gasteiger partial charge >= 0.3 is 0 Å². The van der Waals surface area contributed by atoms with E-state index in [-0.39, 0.29) is 22.9 Å². The number of likely N-dealkylation sites (N-methyl/N-ethyl adjacent to an activating group) is 1. The van der Waals surface area contributed by atoms with Gasteiger partial charge in [0.2, 0.25) is 11.8 Å². The SMILES string of the molecule is CCOc1ccc(NC(=O)CN(C)C(=O)CCS(=O)(=O)c2ccccc2Cl)cc1OCC. The van der Waals surface area contributed by atoms with Crippen LogP contribution in [0.15, 0.2) is 47.4 Å². The largest absolute Gasteiger partial charge is 0.490 e. The summed E-state index contributed by atoms with van der Waals surface area (Å²) in [5.41, 5.74) is 0.490. The maximum absolute atomic E-state index is 12.4. The number of nitrogens with one attached hydrogen (secondary N) is 1. The first-order chi connectivity index (χ1) is 15.2. The number of anilines is 1. The van der Waals surface area contributed by atoms with Crippen LogP contribution in [0.5, 0.6) is 11.5 Å². The number of nitrogens with zero attached hydrogens (tertiary/aromatic N) is 1. The molecular formula is C22H27ClN2O6S. The van der Waals surface area contributed by atoms with Crippen molar-refractivity contribution in [2.24, 2.45) is 0 Å². The number of hydrogen-bond acceptors (Lipinski definition) is 6. The number of ether oxygens (including phenoxy) is 2. The molecule has 2 aromatic rings. The molecule has 0 aliphatic carbocycles.